The van der Waals surface area contributed by atoms with E-state index in [9.17, 15) is 9.59 Å². The van der Waals surface area contributed by atoms with Crippen LogP contribution in [0.5, 0.6) is 5.75 Å². The molecule has 10 heteroatoms. The van der Waals surface area contributed by atoms with E-state index < -0.39 is 0 Å². The van der Waals surface area contributed by atoms with Crippen molar-refractivity contribution in [2.24, 2.45) is 0 Å². The molecule has 0 bridgehead atoms. The molecule has 3 aromatic heterocycles. The summed E-state index contributed by atoms with van der Waals surface area (Å²) < 4.78 is 13.8. The number of benzene rings is 1. The molecule has 1 amide bonds. The number of rotatable bonds is 9. The van der Waals surface area contributed by atoms with Gasteiger partial charge in [0.2, 0.25) is 11.8 Å². The van der Waals surface area contributed by atoms with Crippen LogP contribution in [0.1, 0.15) is 50.7 Å². The van der Waals surface area contributed by atoms with Crippen LogP contribution in [0.25, 0.3) is 21.9 Å². The average molecular weight is 491 g/mol. The summed E-state index contributed by atoms with van der Waals surface area (Å²) in [6, 6.07) is 5.50. The number of aryl methyl sites for hydroxylation is 1. The highest BCUT2D eigenvalue weighted by molar-refractivity contribution is 6.06. The van der Waals surface area contributed by atoms with Crippen LogP contribution in [0, 0.1) is 0 Å². The molecule has 1 N–H and O–H groups in total. The number of amides is 1. The fourth-order valence-electron chi connectivity index (χ4n) is 4.72. The Hall–Kier alpha value is -3.95. The van der Waals surface area contributed by atoms with Crippen molar-refractivity contribution in [1.29, 1.82) is 0 Å². The van der Waals surface area contributed by atoms with Gasteiger partial charge in [0.15, 0.2) is 5.82 Å². The Labute approximate surface area is 208 Å². The second-order valence-corrected chi connectivity index (χ2v) is 9.01. The van der Waals surface area contributed by atoms with Crippen LogP contribution in [0.2, 0.25) is 0 Å². The fourth-order valence-corrected chi connectivity index (χ4v) is 4.72. The zero-order chi connectivity index (χ0) is 25.1. The maximum atomic E-state index is 13.6. The van der Waals surface area contributed by atoms with E-state index in [1.165, 1.54) is 29.3 Å². The Morgan fingerprint density at radius 3 is 2.92 bits per heavy atom. The summed E-state index contributed by atoms with van der Waals surface area (Å²) >= 11 is 0. The normalized spacial score (nSPS) is 13.8. The minimum absolute atomic E-state index is 0.00680. The quantitative estimate of drug-likeness (QED) is 0.358. The third kappa shape index (κ3) is 4.75. The molecule has 1 aromatic carbocycles. The Balaban J connectivity index is 1.47. The molecule has 0 saturated heterocycles. The number of allylic oxidation sites excluding steroid dienone is 1. The molecule has 0 saturated carbocycles. The van der Waals surface area contributed by atoms with Gasteiger partial charge in [-0.3, -0.25) is 14.2 Å². The number of nitrogens with zero attached hydrogens (tertiary/aromatic N) is 5. The van der Waals surface area contributed by atoms with Crippen LogP contribution in [-0.2, 0) is 24.3 Å². The number of ether oxygens (including phenoxy) is 1. The lowest BCUT2D eigenvalue weighted by Crippen LogP contribution is -2.30. The van der Waals surface area contributed by atoms with E-state index >= 15 is 0 Å². The van der Waals surface area contributed by atoms with E-state index in [0.717, 1.165) is 30.2 Å². The van der Waals surface area contributed by atoms with Crippen molar-refractivity contribution in [2.75, 3.05) is 13.7 Å². The summed E-state index contributed by atoms with van der Waals surface area (Å²) in [4.78, 5) is 35.4. The first-order chi connectivity index (χ1) is 17.6. The largest absolute Gasteiger partial charge is 0.497 e. The molecule has 5 rings (SSSR count). The third-order valence-corrected chi connectivity index (χ3v) is 6.62. The van der Waals surface area contributed by atoms with Crippen molar-refractivity contribution < 1.29 is 14.1 Å². The zero-order valence-electron chi connectivity index (χ0n) is 20.6. The molecule has 188 valence electrons. The first kappa shape index (κ1) is 23.8. The molecule has 0 fully saturated rings. The maximum absolute atomic E-state index is 13.6. The minimum atomic E-state index is -0.286. The van der Waals surface area contributed by atoms with Gasteiger partial charge >= 0.3 is 0 Å². The second kappa shape index (κ2) is 10.3. The Morgan fingerprint density at radius 1 is 1.28 bits per heavy atom. The minimum Gasteiger partial charge on any atom is -0.497 e. The summed E-state index contributed by atoms with van der Waals surface area (Å²) in [5.74, 6) is 1.40. The monoisotopic (exact) mass is 490 g/mol. The number of nitrogens with one attached hydrogen (secondary N) is 1. The molecule has 4 aromatic rings. The average Bonchev–Trinajstić information content (AvgIpc) is 3.48. The molecule has 0 unspecified atom stereocenters. The third-order valence-electron chi connectivity index (χ3n) is 6.62. The number of aromatic nitrogens is 5. The number of hydrogen-bond acceptors (Lipinski definition) is 7. The lowest BCUT2D eigenvalue weighted by atomic mass is 9.97. The van der Waals surface area contributed by atoms with Gasteiger partial charge in [-0.1, -0.05) is 23.7 Å². The molecule has 0 spiro atoms. The van der Waals surface area contributed by atoms with E-state index in [4.69, 9.17) is 9.26 Å². The van der Waals surface area contributed by atoms with Crippen molar-refractivity contribution in [3.05, 3.63) is 58.2 Å². The molecule has 36 heavy (non-hydrogen) atoms. The predicted molar refractivity (Wildman–Crippen MR) is 135 cm³/mol. The van der Waals surface area contributed by atoms with Crippen molar-refractivity contribution in [1.82, 2.24) is 29.6 Å². The number of carbonyl (C=O) groups excluding carboxylic acids is 1. The highest BCUT2D eigenvalue weighted by atomic mass is 16.5. The van der Waals surface area contributed by atoms with Crippen LogP contribution in [-0.4, -0.2) is 43.8 Å². The molecular weight excluding hydrogens is 460 g/mol. The van der Waals surface area contributed by atoms with Crippen LogP contribution in [0.15, 0.2) is 45.5 Å². The van der Waals surface area contributed by atoms with Gasteiger partial charge in [-0.05, 0) is 50.3 Å². The summed E-state index contributed by atoms with van der Waals surface area (Å²) in [6.07, 6.45) is 9.94. The lowest BCUT2D eigenvalue weighted by molar-refractivity contribution is -0.121. The lowest BCUT2D eigenvalue weighted by Gasteiger charge is -2.13. The maximum Gasteiger partial charge on any atom is 0.278 e. The SMILES string of the molecule is CCc1noc(Cn2cnc3c4cc(OC)ccc4n(CC(=O)NCCC4=CCCCC4)c3c2=O)n1. The van der Waals surface area contributed by atoms with Gasteiger partial charge in [0, 0.05) is 18.4 Å². The number of hydrogen-bond donors (Lipinski definition) is 1. The van der Waals surface area contributed by atoms with Crippen molar-refractivity contribution in [2.45, 2.75) is 58.5 Å². The van der Waals surface area contributed by atoms with E-state index in [0.29, 0.717) is 41.5 Å². The first-order valence-electron chi connectivity index (χ1n) is 12.4. The van der Waals surface area contributed by atoms with Crippen LogP contribution in [0.3, 0.4) is 0 Å². The first-order valence-corrected chi connectivity index (χ1v) is 12.4. The topological polar surface area (TPSA) is 117 Å². The van der Waals surface area contributed by atoms with E-state index in [1.807, 2.05) is 25.1 Å². The van der Waals surface area contributed by atoms with Gasteiger partial charge in [0.25, 0.3) is 5.56 Å². The molecule has 1 aliphatic rings. The van der Waals surface area contributed by atoms with Gasteiger partial charge < -0.3 is 19.1 Å². The Morgan fingerprint density at radius 2 is 2.17 bits per heavy atom. The van der Waals surface area contributed by atoms with Crippen LogP contribution in [0.4, 0.5) is 0 Å². The van der Waals surface area contributed by atoms with Gasteiger partial charge in [-0.25, -0.2) is 4.98 Å². The van der Waals surface area contributed by atoms with Gasteiger partial charge in [0.05, 0.1) is 19.0 Å². The summed E-state index contributed by atoms with van der Waals surface area (Å²) in [5.41, 5.74) is 2.73. The summed E-state index contributed by atoms with van der Waals surface area (Å²) in [7, 11) is 1.59. The Kier molecular flexibility index (Phi) is 6.84. The van der Waals surface area contributed by atoms with Crippen molar-refractivity contribution in [3.8, 4) is 5.75 Å². The summed E-state index contributed by atoms with van der Waals surface area (Å²) in [5, 5.41) is 7.66. The predicted octanol–water partition coefficient (Wildman–Crippen LogP) is 3.36. The number of fused-ring (bicyclic) bond motifs is 3. The standard InChI is InChI=1S/C26H30N6O4/c1-3-21-29-23(36-30-21)15-31-16-28-24-19-13-18(35-2)9-10-20(19)32(25(24)26(31)34)14-22(33)27-12-11-17-7-5-4-6-8-17/h7,9-10,13,16H,3-6,8,11-12,14-15H2,1-2H3,(H,27,33). The molecular formula is C26H30N6O4. The molecule has 3 heterocycles. The molecule has 1 aliphatic carbocycles. The van der Waals surface area contributed by atoms with Crippen molar-refractivity contribution >= 4 is 27.8 Å². The molecule has 0 atom stereocenters. The van der Waals surface area contributed by atoms with Gasteiger partial charge in [-0.15, -0.1) is 0 Å². The zero-order valence-corrected chi connectivity index (χ0v) is 20.6. The number of methoxy groups -OCH3 is 1. The van der Waals surface area contributed by atoms with Gasteiger partial charge in [0.1, 0.15) is 29.9 Å². The van der Waals surface area contributed by atoms with E-state index in [-0.39, 0.29) is 24.6 Å². The van der Waals surface area contributed by atoms with Crippen molar-refractivity contribution in [3.63, 3.8) is 0 Å². The second-order valence-electron chi connectivity index (χ2n) is 9.01. The summed E-state index contributed by atoms with van der Waals surface area (Å²) in [6.45, 7) is 2.61. The smallest absolute Gasteiger partial charge is 0.278 e. The van der Waals surface area contributed by atoms with E-state index in [1.54, 1.807) is 11.7 Å². The molecule has 10 nitrogen and oxygen atoms in total. The highest BCUT2D eigenvalue weighted by Gasteiger charge is 2.20. The van der Waals surface area contributed by atoms with Crippen LogP contribution < -0.4 is 15.6 Å². The molecule has 0 aliphatic heterocycles. The molecule has 0 radical (unpaired) electrons. The number of carbonyl (C=O) groups is 1. The Bertz CT molecular complexity index is 1500. The van der Waals surface area contributed by atoms with Gasteiger partial charge in [-0.2, -0.15) is 4.98 Å². The highest BCUT2D eigenvalue weighted by Crippen LogP contribution is 2.29. The van der Waals surface area contributed by atoms with E-state index in [2.05, 4.69) is 26.5 Å². The fraction of sp³-hybridized carbons (Fsp3) is 0.423. The van der Waals surface area contributed by atoms with Crippen LogP contribution >= 0.6 is 0 Å².